The van der Waals surface area contributed by atoms with Crippen molar-refractivity contribution in [3.8, 4) is 5.69 Å². The van der Waals surface area contributed by atoms with E-state index in [9.17, 15) is 19.8 Å². The van der Waals surface area contributed by atoms with Crippen molar-refractivity contribution in [2.24, 2.45) is 5.92 Å². The third kappa shape index (κ3) is 5.55. The van der Waals surface area contributed by atoms with Crippen molar-refractivity contribution in [2.45, 2.75) is 38.0 Å². The van der Waals surface area contributed by atoms with Crippen LogP contribution in [0, 0.1) is 5.92 Å². The van der Waals surface area contributed by atoms with Crippen LogP contribution in [-0.2, 0) is 23.5 Å². The predicted octanol–water partition coefficient (Wildman–Crippen LogP) is 5.05. The average Bonchev–Trinajstić information content (AvgIpc) is 3.79. The van der Waals surface area contributed by atoms with Gasteiger partial charge in [0.15, 0.2) is 5.60 Å². The maximum atomic E-state index is 14.1. The van der Waals surface area contributed by atoms with E-state index in [0.29, 0.717) is 41.0 Å². The maximum Gasteiger partial charge on any atom is 0.279 e. The van der Waals surface area contributed by atoms with Crippen molar-refractivity contribution in [1.29, 1.82) is 0 Å². The number of allylic oxidation sites excluding steroid dienone is 1. The van der Waals surface area contributed by atoms with Gasteiger partial charge in [0, 0.05) is 24.2 Å². The number of para-hydroxylation sites is 2. The molecule has 3 N–H and O–H groups in total. The molecule has 1 amide bonds. The van der Waals surface area contributed by atoms with Crippen LogP contribution in [0.15, 0.2) is 126 Å². The van der Waals surface area contributed by atoms with Gasteiger partial charge in [0.05, 0.1) is 47.0 Å². The number of rotatable bonds is 11. The molecule has 0 radical (unpaired) electrons. The number of carbonyl (C=O) groups excluding carboxylic acids is 1. The molecule has 242 valence electrons. The molecule has 6 aromatic rings. The minimum atomic E-state index is -1.75. The van der Waals surface area contributed by atoms with Gasteiger partial charge < -0.3 is 15.1 Å². The third-order valence-corrected chi connectivity index (χ3v) is 9.19. The van der Waals surface area contributed by atoms with Crippen molar-refractivity contribution in [2.75, 3.05) is 11.5 Å². The first-order valence-electron chi connectivity index (χ1n) is 16.0. The molecule has 0 aliphatic carbocycles. The Morgan fingerprint density at radius 3 is 2.52 bits per heavy atom. The Hall–Kier alpha value is -5.58. The average molecular weight is 641 g/mol. The number of anilines is 1. The summed E-state index contributed by atoms with van der Waals surface area (Å²) in [5.41, 5.74) is 3.22. The second kappa shape index (κ2) is 12.9. The highest BCUT2D eigenvalue weighted by Gasteiger charge is 2.52. The first-order valence-corrected chi connectivity index (χ1v) is 16.0. The number of amides is 1. The summed E-state index contributed by atoms with van der Waals surface area (Å²) in [6, 6.07) is 31.9. The summed E-state index contributed by atoms with van der Waals surface area (Å²) in [5, 5.41) is 34.3. The quantitative estimate of drug-likeness (QED) is 0.170. The molecule has 3 atom stereocenters. The van der Waals surface area contributed by atoms with E-state index >= 15 is 0 Å². The zero-order valence-electron chi connectivity index (χ0n) is 26.5. The van der Waals surface area contributed by atoms with Gasteiger partial charge in [-0.05, 0) is 47.9 Å². The van der Waals surface area contributed by atoms with Gasteiger partial charge in [0.25, 0.3) is 11.5 Å². The number of aliphatic hydroxyl groups is 2. The fourth-order valence-electron chi connectivity index (χ4n) is 6.56. The summed E-state index contributed by atoms with van der Waals surface area (Å²) in [6.45, 7) is 2.55. The van der Waals surface area contributed by atoms with Gasteiger partial charge in [-0.15, -0.1) is 5.10 Å². The monoisotopic (exact) mass is 640 g/mol. The van der Waals surface area contributed by atoms with Crippen LogP contribution < -0.4 is 10.5 Å². The van der Waals surface area contributed by atoms with E-state index in [4.69, 9.17) is 0 Å². The Morgan fingerprint density at radius 2 is 1.71 bits per heavy atom. The zero-order valence-corrected chi connectivity index (χ0v) is 26.5. The molecular formula is C38H36N6O4. The fraction of sp³-hybridized carbons (Fsp3) is 0.211. The summed E-state index contributed by atoms with van der Waals surface area (Å²) < 4.78 is 3.24. The molecule has 0 fully saturated rings. The molecule has 3 heterocycles. The number of carbonyl (C=O) groups is 1. The number of aromatic amines is 1. The molecule has 10 nitrogen and oxygen atoms in total. The summed E-state index contributed by atoms with van der Waals surface area (Å²) in [6.07, 6.45) is 6.28. The van der Waals surface area contributed by atoms with Crippen molar-refractivity contribution in [1.82, 2.24) is 24.8 Å². The number of nitrogens with one attached hydrogen (secondary N) is 1. The molecule has 0 saturated carbocycles. The third-order valence-electron chi connectivity index (χ3n) is 9.19. The lowest BCUT2D eigenvalue weighted by atomic mass is 9.83. The normalized spacial score (nSPS) is 17.3. The maximum absolute atomic E-state index is 14.1. The summed E-state index contributed by atoms with van der Waals surface area (Å²) in [7, 11) is 0. The second-order valence-electron chi connectivity index (χ2n) is 12.2. The molecule has 2 aromatic heterocycles. The summed E-state index contributed by atoms with van der Waals surface area (Å²) >= 11 is 0. The molecule has 0 saturated heterocycles. The van der Waals surface area contributed by atoms with Crippen LogP contribution in [0.1, 0.15) is 41.6 Å². The molecule has 0 spiro atoms. The van der Waals surface area contributed by atoms with Crippen LogP contribution in [0.25, 0.3) is 16.6 Å². The first kappa shape index (κ1) is 31.0. The molecule has 1 unspecified atom stereocenters. The van der Waals surface area contributed by atoms with Crippen LogP contribution in [0.2, 0.25) is 0 Å². The van der Waals surface area contributed by atoms with Crippen LogP contribution in [-0.4, -0.2) is 47.5 Å². The van der Waals surface area contributed by atoms with E-state index < -0.39 is 17.4 Å². The van der Waals surface area contributed by atoms with E-state index in [1.165, 1.54) is 4.68 Å². The van der Waals surface area contributed by atoms with Gasteiger partial charge in [-0.2, -0.15) is 0 Å². The van der Waals surface area contributed by atoms with Crippen LogP contribution >= 0.6 is 0 Å². The molecule has 1 aliphatic rings. The number of fused-ring (bicyclic) bond motifs is 2. The van der Waals surface area contributed by atoms with Crippen molar-refractivity contribution in [3.63, 3.8) is 0 Å². The largest absolute Gasteiger partial charge is 0.395 e. The number of nitrogens with zero attached hydrogens (tertiary/aromatic N) is 5. The van der Waals surface area contributed by atoms with E-state index in [-0.39, 0.29) is 24.6 Å². The Labute approximate surface area is 277 Å². The number of benzene rings is 4. The van der Waals surface area contributed by atoms with Crippen LogP contribution in [0.4, 0.5) is 5.69 Å². The highest BCUT2D eigenvalue weighted by Crippen LogP contribution is 2.45. The molecular weight excluding hydrogens is 604 g/mol. The van der Waals surface area contributed by atoms with Crippen molar-refractivity contribution < 1.29 is 15.0 Å². The molecule has 10 heteroatoms. The number of aryl methyl sites for hydroxylation is 1. The smallest absolute Gasteiger partial charge is 0.279 e. The Balaban J connectivity index is 1.06. The lowest BCUT2D eigenvalue weighted by Gasteiger charge is -2.27. The highest BCUT2D eigenvalue weighted by molar-refractivity contribution is 6.07. The summed E-state index contributed by atoms with van der Waals surface area (Å²) in [5.74, 6) is -1.17. The minimum Gasteiger partial charge on any atom is -0.395 e. The van der Waals surface area contributed by atoms with Crippen molar-refractivity contribution in [3.05, 3.63) is 154 Å². The topological polar surface area (TPSA) is 129 Å². The molecule has 4 aromatic carbocycles. The second-order valence-corrected chi connectivity index (χ2v) is 12.2. The van der Waals surface area contributed by atoms with Gasteiger partial charge in [0.2, 0.25) is 0 Å². The number of hydrogen-bond acceptors (Lipinski definition) is 6. The Morgan fingerprint density at radius 1 is 0.938 bits per heavy atom. The molecule has 0 bridgehead atoms. The zero-order chi connectivity index (χ0) is 33.3. The van der Waals surface area contributed by atoms with Crippen LogP contribution in [0.3, 0.4) is 0 Å². The molecule has 7 rings (SSSR count). The lowest BCUT2D eigenvalue weighted by Crippen LogP contribution is -2.44. The SMILES string of the molecule is C[C@@H](/C=C/CCn1cc(C(CO)c2ccccc2)nn1)[C@]1(O)C(=O)N(Cc2cccc(-n3[nH]c4ccccc4c3=O)c2)c2ccccc21. The van der Waals surface area contributed by atoms with Gasteiger partial charge >= 0.3 is 0 Å². The van der Waals surface area contributed by atoms with Gasteiger partial charge in [-0.25, -0.2) is 4.68 Å². The minimum absolute atomic E-state index is 0.0687. The van der Waals surface area contributed by atoms with E-state index in [0.717, 1.165) is 16.6 Å². The van der Waals surface area contributed by atoms with Crippen LogP contribution in [0.5, 0.6) is 0 Å². The standard InChI is InChI=1S/C38H36N6O4/c1-26(12-9-10-21-42-24-34(39-41-42)31(25-45)28-14-3-2-4-15-28)38(48)32-18-6-8-20-35(32)43(37(38)47)23-27-13-11-16-29(22-27)44-36(46)30-17-5-7-19-33(30)40-44/h2-9,11-20,22,24,26,31,40,45,48H,10,21,23,25H2,1H3/b12-9+/t26-,31?,38+/m0/s1. The van der Waals surface area contributed by atoms with E-state index in [1.54, 1.807) is 21.7 Å². The van der Waals surface area contributed by atoms with Gasteiger partial charge in [-0.1, -0.05) is 97.1 Å². The number of H-pyrrole nitrogens is 1. The number of aliphatic hydroxyl groups excluding tert-OH is 1. The van der Waals surface area contributed by atoms with E-state index in [1.807, 2.05) is 116 Å². The Kier molecular flexibility index (Phi) is 8.34. The highest BCUT2D eigenvalue weighted by atomic mass is 16.3. The molecule has 48 heavy (non-hydrogen) atoms. The van der Waals surface area contributed by atoms with Gasteiger partial charge in [0.1, 0.15) is 0 Å². The Bertz CT molecular complexity index is 2170. The van der Waals surface area contributed by atoms with Crippen molar-refractivity contribution >= 4 is 22.5 Å². The summed E-state index contributed by atoms with van der Waals surface area (Å²) in [4.78, 5) is 28.7. The van der Waals surface area contributed by atoms with E-state index in [2.05, 4.69) is 15.4 Å². The van der Waals surface area contributed by atoms with Gasteiger partial charge in [-0.3, -0.25) is 19.4 Å². The predicted molar refractivity (Wildman–Crippen MR) is 184 cm³/mol. The lowest BCUT2D eigenvalue weighted by molar-refractivity contribution is -0.139. The fourth-order valence-corrected chi connectivity index (χ4v) is 6.56. The first-order chi connectivity index (χ1) is 23.4. The number of hydrogen-bond donors (Lipinski definition) is 3. The number of aromatic nitrogens is 5. The molecule has 1 aliphatic heterocycles.